The Kier molecular flexibility index (Phi) is 13.4. The third-order valence-electron chi connectivity index (χ3n) is 8.93. The summed E-state index contributed by atoms with van der Waals surface area (Å²) < 4.78 is 5.84. The van der Waals surface area contributed by atoms with Crippen LogP contribution < -0.4 is 10.6 Å². The van der Waals surface area contributed by atoms with Crippen molar-refractivity contribution in [1.82, 2.24) is 25.3 Å². The summed E-state index contributed by atoms with van der Waals surface area (Å²) in [6, 6.07) is 5.49. The van der Waals surface area contributed by atoms with Crippen molar-refractivity contribution in [3.05, 3.63) is 35.9 Å². The van der Waals surface area contributed by atoms with Gasteiger partial charge in [-0.2, -0.15) is 0 Å². The number of cyclic esters (lactones) is 1. The normalized spacial score (nSPS) is 26.2. The minimum atomic E-state index is -1.16. The van der Waals surface area contributed by atoms with Crippen molar-refractivity contribution in [2.24, 2.45) is 17.8 Å². The van der Waals surface area contributed by atoms with E-state index in [9.17, 15) is 28.8 Å². The SMILES string of the molecule is CC(C)C[C@@H]1OC(=O)[C@@H]2CCCN2C(=O)CCNC(=O)[C@H](Cc2ccccc2)NC(=O)[C@H](C(C)C)N(C)C(=O)[C@H](C(C)C)N(C)C1=O. The van der Waals surface area contributed by atoms with Gasteiger partial charge in [0.2, 0.25) is 23.6 Å². The number of esters is 1. The second kappa shape index (κ2) is 16.7. The van der Waals surface area contributed by atoms with Gasteiger partial charge < -0.3 is 30.1 Å². The maximum absolute atomic E-state index is 14.2. The maximum Gasteiger partial charge on any atom is 0.329 e. The average molecular weight is 656 g/mol. The van der Waals surface area contributed by atoms with Gasteiger partial charge in [0.1, 0.15) is 24.2 Å². The number of hydrogen-bond acceptors (Lipinski definition) is 7. The lowest BCUT2D eigenvalue weighted by molar-refractivity contribution is -0.168. The molecule has 0 radical (unpaired) electrons. The van der Waals surface area contributed by atoms with Gasteiger partial charge in [-0.15, -0.1) is 0 Å². The predicted octanol–water partition coefficient (Wildman–Crippen LogP) is 2.15. The van der Waals surface area contributed by atoms with Crippen molar-refractivity contribution in [3.63, 3.8) is 0 Å². The van der Waals surface area contributed by atoms with Crippen LogP contribution in [0.5, 0.6) is 0 Å². The summed E-state index contributed by atoms with van der Waals surface area (Å²) in [7, 11) is 3.04. The van der Waals surface area contributed by atoms with Crippen LogP contribution in [0.2, 0.25) is 0 Å². The molecule has 2 heterocycles. The Morgan fingerprint density at radius 3 is 2.04 bits per heavy atom. The largest absolute Gasteiger partial charge is 0.451 e. The molecule has 0 spiro atoms. The fourth-order valence-corrected chi connectivity index (χ4v) is 6.57. The molecular weight excluding hydrogens is 602 g/mol. The zero-order valence-electron chi connectivity index (χ0n) is 29.2. The van der Waals surface area contributed by atoms with E-state index in [0.717, 1.165) is 5.56 Å². The van der Waals surface area contributed by atoms with Crippen LogP contribution in [0.15, 0.2) is 30.3 Å². The Morgan fingerprint density at radius 1 is 0.830 bits per heavy atom. The monoisotopic (exact) mass is 655 g/mol. The van der Waals surface area contributed by atoms with Crippen molar-refractivity contribution in [2.45, 2.75) is 104 Å². The molecule has 2 aliphatic heterocycles. The van der Waals surface area contributed by atoms with Gasteiger partial charge in [0, 0.05) is 40.0 Å². The summed E-state index contributed by atoms with van der Waals surface area (Å²) in [5, 5.41) is 5.66. The molecule has 2 N–H and O–H groups in total. The third kappa shape index (κ3) is 9.54. The molecule has 12 nitrogen and oxygen atoms in total. The number of hydrogen-bond donors (Lipinski definition) is 2. The number of likely N-dealkylation sites (N-methyl/N-ethyl adjacent to an activating group) is 2. The zero-order valence-corrected chi connectivity index (χ0v) is 29.2. The first-order chi connectivity index (χ1) is 22.1. The predicted molar refractivity (Wildman–Crippen MR) is 177 cm³/mol. The van der Waals surface area contributed by atoms with Crippen LogP contribution >= 0.6 is 0 Å². The molecule has 5 atom stereocenters. The topological polar surface area (TPSA) is 145 Å². The van der Waals surface area contributed by atoms with Crippen LogP contribution in [0.3, 0.4) is 0 Å². The minimum absolute atomic E-state index is 0.00157. The smallest absolute Gasteiger partial charge is 0.329 e. The first-order valence-electron chi connectivity index (χ1n) is 16.8. The van der Waals surface area contributed by atoms with E-state index in [2.05, 4.69) is 10.6 Å². The molecule has 47 heavy (non-hydrogen) atoms. The molecule has 0 aromatic heterocycles. The van der Waals surface area contributed by atoms with E-state index in [0.29, 0.717) is 19.4 Å². The number of benzene rings is 1. The maximum atomic E-state index is 14.2. The van der Waals surface area contributed by atoms with E-state index in [1.54, 1.807) is 0 Å². The third-order valence-corrected chi connectivity index (χ3v) is 8.93. The highest BCUT2D eigenvalue weighted by molar-refractivity contribution is 5.95. The number of rotatable bonds is 6. The highest BCUT2D eigenvalue weighted by Crippen LogP contribution is 2.24. The Balaban J connectivity index is 2.05. The molecule has 3 rings (SSSR count). The second-order valence-electron chi connectivity index (χ2n) is 13.9. The van der Waals surface area contributed by atoms with E-state index in [1.165, 1.54) is 28.8 Å². The van der Waals surface area contributed by atoms with Gasteiger partial charge >= 0.3 is 5.97 Å². The van der Waals surface area contributed by atoms with E-state index < -0.39 is 59.9 Å². The molecule has 12 heteroatoms. The van der Waals surface area contributed by atoms with Gasteiger partial charge in [0.15, 0.2) is 6.10 Å². The highest BCUT2D eigenvalue weighted by Gasteiger charge is 2.42. The van der Waals surface area contributed by atoms with Crippen molar-refractivity contribution >= 4 is 35.5 Å². The summed E-state index contributed by atoms with van der Waals surface area (Å²) in [5.41, 5.74) is 0.822. The molecular formula is C35H53N5O7. The molecule has 2 saturated heterocycles. The zero-order chi connectivity index (χ0) is 35.0. The Labute approximate surface area is 278 Å². The van der Waals surface area contributed by atoms with Gasteiger partial charge in [-0.1, -0.05) is 71.9 Å². The average Bonchev–Trinajstić information content (AvgIpc) is 3.50. The van der Waals surface area contributed by atoms with Crippen LogP contribution in [0.25, 0.3) is 0 Å². The minimum Gasteiger partial charge on any atom is -0.451 e. The van der Waals surface area contributed by atoms with E-state index >= 15 is 0 Å². The van der Waals surface area contributed by atoms with Crippen LogP contribution in [-0.4, -0.2) is 108 Å². The molecule has 260 valence electrons. The van der Waals surface area contributed by atoms with Crippen molar-refractivity contribution in [1.29, 1.82) is 0 Å². The number of carbonyl (C=O) groups excluding carboxylic acids is 6. The summed E-state index contributed by atoms with van der Waals surface area (Å²) in [5.74, 6) is -3.63. The number of ether oxygens (including phenoxy) is 1. The number of amides is 5. The molecule has 1 aromatic carbocycles. The summed E-state index contributed by atoms with van der Waals surface area (Å²) in [4.78, 5) is 86.5. The molecule has 1 aromatic rings. The van der Waals surface area contributed by atoms with E-state index in [1.807, 2.05) is 71.9 Å². The van der Waals surface area contributed by atoms with Gasteiger partial charge in [-0.3, -0.25) is 24.0 Å². The molecule has 5 amide bonds. The molecule has 2 fully saturated rings. The molecule has 2 aliphatic rings. The molecule has 0 aliphatic carbocycles. The van der Waals surface area contributed by atoms with Gasteiger partial charge in [0.05, 0.1) is 0 Å². The molecule has 0 unspecified atom stereocenters. The Hall–Kier alpha value is -3.96. The number of fused-ring (bicyclic) bond motifs is 1. The Bertz CT molecular complexity index is 1280. The number of nitrogens with one attached hydrogen (secondary N) is 2. The second-order valence-corrected chi connectivity index (χ2v) is 13.9. The van der Waals surface area contributed by atoms with Crippen molar-refractivity contribution < 1.29 is 33.5 Å². The first kappa shape index (κ1) is 37.5. The summed E-state index contributed by atoms with van der Waals surface area (Å²) >= 11 is 0. The molecule has 0 bridgehead atoms. The fourth-order valence-electron chi connectivity index (χ4n) is 6.57. The summed E-state index contributed by atoms with van der Waals surface area (Å²) in [6.07, 6.45) is 0.205. The van der Waals surface area contributed by atoms with E-state index in [4.69, 9.17) is 4.74 Å². The first-order valence-corrected chi connectivity index (χ1v) is 16.8. The lowest BCUT2D eigenvalue weighted by Gasteiger charge is -2.38. The van der Waals surface area contributed by atoms with Crippen LogP contribution in [-0.2, 0) is 39.9 Å². The highest BCUT2D eigenvalue weighted by atomic mass is 16.6. The standard InChI is InChI=1S/C35H53N5O7/c1-21(2)19-27-33(44)39(8)30(23(5)6)34(45)38(7)29(22(3)4)32(43)37-25(20-24-13-10-9-11-14-24)31(42)36-17-16-28(41)40-18-12-15-26(40)35(46)47-27/h9-11,13-14,21-23,25-27,29-30H,12,15-20H2,1-8H3,(H,36,42)(H,37,43)/t25-,26-,27-,29-,30-/m0/s1. The van der Waals surface area contributed by atoms with Crippen LogP contribution in [0, 0.1) is 17.8 Å². The van der Waals surface area contributed by atoms with Crippen molar-refractivity contribution in [3.8, 4) is 0 Å². The number of carbonyl (C=O) groups is 6. The lowest BCUT2D eigenvalue weighted by atomic mass is 9.95. The van der Waals surface area contributed by atoms with Crippen LogP contribution in [0.1, 0.15) is 72.8 Å². The van der Waals surface area contributed by atoms with Crippen molar-refractivity contribution in [2.75, 3.05) is 27.2 Å². The van der Waals surface area contributed by atoms with Gasteiger partial charge in [-0.05, 0) is 42.6 Å². The van der Waals surface area contributed by atoms with Gasteiger partial charge in [0.25, 0.3) is 5.91 Å². The Morgan fingerprint density at radius 2 is 1.45 bits per heavy atom. The van der Waals surface area contributed by atoms with Crippen LogP contribution in [0.4, 0.5) is 0 Å². The quantitative estimate of drug-likeness (QED) is 0.447. The lowest BCUT2D eigenvalue weighted by Crippen LogP contribution is -2.60. The summed E-state index contributed by atoms with van der Waals surface area (Å²) in [6.45, 7) is 11.4. The van der Waals surface area contributed by atoms with E-state index in [-0.39, 0.29) is 49.5 Å². The molecule has 0 saturated carbocycles. The fraction of sp³-hybridized carbons (Fsp3) is 0.657. The van der Waals surface area contributed by atoms with Gasteiger partial charge in [-0.25, -0.2) is 4.79 Å². The number of nitrogens with zero attached hydrogens (tertiary/aromatic N) is 3.